The van der Waals surface area contributed by atoms with Crippen LogP contribution < -0.4 is 0 Å². The third-order valence-corrected chi connectivity index (χ3v) is 4.39. The molecule has 0 aromatic rings. The van der Waals surface area contributed by atoms with Crippen LogP contribution >= 0.6 is 0 Å². The van der Waals surface area contributed by atoms with Gasteiger partial charge in [0.2, 0.25) is 0 Å². The van der Waals surface area contributed by atoms with Gasteiger partial charge in [0, 0.05) is 0 Å². The predicted octanol–water partition coefficient (Wildman–Crippen LogP) is 4.25. The van der Waals surface area contributed by atoms with E-state index in [1.807, 2.05) is 0 Å². The molecule has 0 saturated heterocycles. The summed E-state index contributed by atoms with van der Waals surface area (Å²) in [5.41, 5.74) is 0. The third-order valence-electron chi connectivity index (χ3n) is 4.39. The van der Waals surface area contributed by atoms with E-state index in [2.05, 4.69) is 13.8 Å². The second kappa shape index (κ2) is 4.02. The summed E-state index contributed by atoms with van der Waals surface area (Å²) >= 11 is 0. The van der Waals surface area contributed by atoms with Crippen molar-refractivity contribution in [3.8, 4) is 0 Å². The molecule has 2 unspecified atom stereocenters. The first-order valence-corrected chi connectivity index (χ1v) is 6.27. The zero-order valence-electron chi connectivity index (χ0n) is 9.26. The molecule has 0 aromatic heterocycles. The van der Waals surface area contributed by atoms with Crippen molar-refractivity contribution in [1.29, 1.82) is 0 Å². The minimum absolute atomic E-state index is 1.02. The molecule has 13 heavy (non-hydrogen) atoms. The van der Waals surface area contributed by atoms with Crippen LogP contribution in [0.25, 0.3) is 0 Å². The standard InChI is InChI=1S/C13H24/c1-10-6-7-11(2)13(10)5-3-4-12-8-9-12/h10-13H,3-9H2,1-2H3. The molecule has 0 heteroatoms. The molecular formula is C13H24. The van der Waals surface area contributed by atoms with Gasteiger partial charge in [-0.15, -0.1) is 0 Å². The Morgan fingerprint density at radius 3 is 2.00 bits per heavy atom. The van der Waals surface area contributed by atoms with Crippen molar-refractivity contribution < 1.29 is 0 Å². The van der Waals surface area contributed by atoms with Crippen molar-refractivity contribution in [1.82, 2.24) is 0 Å². The van der Waals surface area contributed by atoms with Gasteiger partial charge in [-0.2, -0.15) is 0 Å². The minimum atomic E-state index is 1.02. The maximum Gasteiger partial charge on any atom is -0.0363 e. The Labute approximate surface area is 83.1 Å². The number of hydrogen-bond acceptors (Lipinski definition) is 0. The van der Waals surface area contributed by atoms with Crippen molar-refractivity contribution >= 4 is 0 Å². The topological polar surface area (TPSA) is 0 Å². The first-order chi connectivity index (χ1) is 6.27. The predicted molar refractivity (Wildman–Crippen MR) is 57.6 cm³/mol. The molecule has 2 aliphatic rings. The van der Waals surface area contributed by atoms with Crippen LogP contribution in [0, 0.1) is 23.7 Å². The van der Waals surface area contributed by atoms with Crippen LogP contribution in [-0.4, -0.2) is 0 Å². The lowest BCUT2D eigenvalue weighted by Crippen LogP contribution is -2.10. The number of hydrogen-bond donors (Lipinski definition) is 0. The molecule has 2 aliphatic carbocycles. The van der Waals surface area contributed by atoms with E-state index in [-0.39, 0.29) is 0 Å². The van der Waals surface area contributed by atoms with Gasteiger partial charge < -0.3 is 0 Å². The van der Waals surface area contributed by atoms with Gasteiger partial charge in [-0.3, -0.25) is 0 Å². The fraction of sp³-hybridized carbons (Fsp3) is 1.00. The highest BCUT2D eigenvalue weighted by molar-refractivity contribution is 4.81. The zero-order valence-corrected chi connectivity index (χ0v) is 9.26. The van der Waals surface area contributed by atoms with Crippen LogP contribution in [0.15, 0.2) is 0 Å². The van der Waals surface area contributed by atoms with Gasteiger partial charge in [-0.05, 0) is 30.1 Å². The second-order valence-corrected chi connectivity index (χ2v) is 5.57. The molecule has 76 valence electrons. The normalized spacial score (nSPS) is 39.7. The van der Waals surface area contributed by atoms with Gasteiger partial charge in [-0.25, -0.2) is 0 Å². The molecule has 2 fully saturated rings. The fourth-order valence-electron chi connectivity index (χ4n) is 3.13. The van der Waals surface area contributed by atoms with E-state index in [4.69, 9.17) is 0 Å². The Bertz CT molecular complexity index is 147. The summed E-state index contributed by atoms with van der Waals surface area (Å²) in [5, 5.41) is 0. The van der Waals surface area contributed by atoms with E-state index in [1.165, 1.54) is 44.9 Å². The lowest BCUT2D eigenvalue weighted by atomic mass is 9.86. The Kier molecular flexibility index (Phi) is 2.96. The van der Waals surface area contributed by atoms with Crippen LogP contribution in [0.1, 0.15) is 58.8 Å². The van der Waals surface area contributed by atoms with E-state index in [0.717, 1.165) is 23.7 Å². The summed E-state index contributed by atoms with van der Waals surface area (Å²) in [6, 6.07) is 0. The molecule has 0 aliphatic heterocycles. The SMILES string of the molecule is CC1CCC(C)C1CCCC1CC1. The average molecular weight is 180 g/mol. The Morgan fingerprint density at radius 2 is 1.46 bits per heavy atom. The van der Waals surface area contributed by atoms with Crippen LogP contribution in [0.5, 0.6) is 0 Å². The molecule has 0 radical (unpaired) electrons. The molecule has 0 spiro atoms. The summed E-state index contributed by atoms with van der Waals surface area (Å²) in [5.74, 6) is 4.26. The van der Waals surface area contributed by atoms with E-state index < -0.39 is 0 Å². The second-order valence-electron chi connectivity index (χ2n) is 5.57. The van der Waals surface area contributed by atoms with Crippen molar-refractivity contribution in [3.05, 3.63) is 0 Å². The maximum atomic E-state index is 2.46. The largest absolute Gasteiger partial charge is 0.0622 e. The van der Waals surface area contributed by atoms with Gasteiger partial charge in [0.05, 0.1) is 0 Å². The van der Waals surface area contributed by atoms with Gasteiger partial charge in [0.1, 0.15) is 0 Å². The number of rotatable bonds is 4. The first-order valence-electron chi connectivity index (χ1n) is 6.27. The highest BCUT2D eigenvalue weighted by Gasteiger charge is 2.30. The summed E-state index contributed by atoms with van der Waals surface area (Å²) in [7, 11) is 0. The maximum absolute atomic E-state index is 2.46. The Morgan fingerprint density at radius 1 is 0.846 bits per heavy atom. The summed E-state index contributed by atoms with van der Waals surface area (Å²) in [6.07, 6.45) is 10.6. The minimum Gasteiger partial charge on any atom is -0.0622 e. The molecule has 0 bridgehead atoms. The molecule has 0 aromatic carbocycles. The molecule has 0 amide bonds. The van der Waals surface area contributed by atoms with Crippen molar-refractivity contribution in [3.63, 3.8) is 0 Å². The molecule has 2 rings (SSSR count). The van der Waals surface area contributed by atoms with Crippen molar-refractivity contribution in [2.24, 2.45) is 23.7 Å². The molecule has 0 nitrogen and oxygen atoms in total. The molecule has 2 saturated carbocycles. The quantitative estimate of drug-likeness (QED) is 0.606. The Balaban J connectivity index is 1.66. The third kappa shape index (κ3) is 2.48. The van der Waals surface area contributed by atoms with Gasteiger partial charge in [-0.1, -0.05) is 52.4 Å². The van der Waals surface area contributed by atoms with Crippen LogP contribution in [0.3, 0.4) is 0 Å². The van der Waals surface area contributed by atoms with Crippen LogP contribution in [0.4, 0.5) is 0 Å². The van der Waals surface area contributed by atoms with Crippen LogP contribution in [0.2, 0.25) is 0 Å². The molecule has 2 atom stereocenters. The van der Waals surface area contributed by atoms with E-state index in [9.17, 15) is 0 Å². The highest BCUT2D eigenvalue weighted by atomic mass is 14.4. The Hall–Kier alpha value is 0. The van der Waals surface area contributed by atoms with Crippen molar-refractivity contribution in [2.75, 3.05) is 0 Å². The van der Waals surface area contributed by atoms with Gasteiger partial charge in [0.25, 0.3) is 0 Å². The van der Waals surface area contributed by atoms with Gasteiger partial charge in [0.15, 0.2) is 0 Å². The summed E-state index contributed by atoms with van der Waals surface area (Å²) in [4.78, 5) is 0. The molecule has 0 heterocycles. The zero-order chi connectivity index (χ0) is 9.26. The lowest BCUT2D eigenvalue weighted by Gasteiger charge is -2.19. The summed E-state index contributed by atoms with van der Waals surface area (Å²) in [6.45, 7) is 4.93. The fourth-order valence-corrected chi connectivity index (χ4v) is 3.13. The average Bonchev–Trinajstić information content (AvgIpc) is 2.86. The molecular weight excluding hydrogens is 156 g/mol. The monoisotopic (exact) mass is 180 g/mol. The highest BCUT2D eigenvalue weighted by Crippen LogP contribution is 2.41. The van der Waals surface area contributed by atoms with E-state index >= 15 is 0 Å². The van der Waals surface area contributed by atoms with E-state index in [1.54, 1.807) is 0 Å². The summed E-state index contributed by atoms with van der Waals surface area (Å²) < 4.78 is 0. The van der Waals surface area contributed by atoms with Crippen molar-refractivity contribution in [2.45, 2.75) is 58.8 Å². The molecule has 0 N–H and O–H groups in total. The van der Waals surface area contributed by atoms with E-state index in [0.29, 0.717) is 0 Å². The first kappa shape index (κ1) is 9.55. The lowest BCUT2D eigenvalue weighted by molar-refractivity contribution is 0.310. The van der Waals surface area contributed by atoms with Gasteiger partial charge >= 0.3 is 0 Å². The smallest absolute Gasteiger partial charge is 0.0363 e. The van der Waals surface area contributed by atoms with Crippen LogP contribution in [-0.2, 0) is 0 Å².